The van der Waals surface area contributed by atoms with Gasteiger partial charge in [-0.15, -0.1) is 0 Å². The summed E-state index contributed by atoms with van der Waals surface area (Å²) < 4.78 is 10.6. The largest absolute Gasteiger partial charge is 0.454 e. The minimum Gasteiger partial charge on any atom is -0.454 e. The van der Waals surface area contributed by atoms with E-state index in [1.165, 1.54) is 0 Å². The number of piperazine rings is 1. The molecule has 2 unspecified atom stereocenters. The summed E-state index contributed by atoms with van der Waals surface area (Å²) in [6.07, 6.45) is -0.307. The van der Waals surface area contributed by atoms with Crippen LogP contribution in [0.4, 0.5) is 0 Å². The predicted molar refractivity (Wildman–Crippen MR) is 101 cm³/mol. The topological polar surface area (TPSA) is 83.1 Å². The van der Waals surface area contributed by atoms with Crippen LogP contribution in [0.15, 0.2) is 18.2 Å². The first-order valence-corrected chi connectivity index (χ1v) is 9.32. The highest BCUT2D eigenvalue weighted by atomic mass is 16.7. The van der Waals surface area contributed by atoms with Crippen LogP contribution in [0.2, 0.25) is 0 Å². The molecule has 8 nitrogen and oxygen atoms in total. The Morgan fingerprint density at radius 3 is 2.56 bits per heavy atom. The first-order valence-electron chi connectivity index (χ1n) is 9.32. The third kappa shape index (κ3) is 5.18. The molecule has 2 atom stereocenters. The maximum atomic E-state index is 12.6. The Kier molecular flexibility index (Phi) is 6.30. The summed E-state index contributed by atoms with van der Waals surface area (Å²) in [7, 11) is 2.09. The van der Waals surface area contributed by atoms with Crippen LogP contribution in [0, 0.1) is 0 Å². The lowest BCUT2D eigenvalue weighted by Gasteiger charge is -2.32. The summed E-state index contributed by atoms with van der Waals surface area (Å²) in [6, 6.07) is 4.72. The monoisotopic (exact) mass is 376 g/mol. The van der Waals surface area contributed by atoms with E-state index in [9.17, 15) is 9.59 Å². The maximum absolute atomic E-state index is 12.6. The normalized spacial score (nSPS) is 19.5. The number of hydrogen-bond donors (Lipinski definition) is 2. The number of ether oxygens (including phenoxy) is 2. The fourth-order valence-corrected chi connectivity index (χ4v) is 3.29. The van der Waals surface area contributed by atoms with Gasteiger partial charge in [0.25, 0.3) is 0 Å². The van der Waals surface area contributed by atoms with Gasteiger partial charge in [0.2, 0.25) is 12.7 Å². The van der Waals surface area contributed by atoms with Gasteiger partial charge in [-0.2, -0.15) is 0 Å². The van der Waals surface area contributed by atoms with Gasteiger partial charge in [-0.3, -0.25) is 19.8 Å². The van der Waals surface area contributed by atoms with E-state index in [-0.39, 0.29) is 24.6 Å². The van der Waals surface area contributed by atoms with Gasteiger partial charge in [-0.25, -0.2) is 0 Å². The number of amides is 1. The molecule has 2 N–H and O–H groups in total. The summed E-state index contributed by atoms with van der Waals surface area (Å²) in [6.45, 7) is 7.92. The number of likely N-dealkylation sites (N-methyl/N-ethyl adjacent to an activating group) is 1. The smallest absolute Gasteiger partial charge is 0.235 e. The van der Waals surface area contributed by atoms with E-state index >= 15 is 0 Å². The van der Waals surface area contributed by atoms with Crippen LogP contribution in [-0.4, -0.2) is 80.3 Å². The third-order valence-corrected chi connectivity index (χ3v) is 4.89. The van der Waals surface area contributed by atoms with Crippen molar-refractivity contribution in [2.45, 2.75) is 26.1 Å². The van der Waals surface area contributed by atoms with Gasteiger partial charge in [0, 0.05) is 31.7 Å². The molecule has 1 fully saturated rings. The van der Waals surface area contributed by atoms with E-state index in [4.69, 9.17) is 9.47 Å². The zero-order valence-electron chi connectivity index (χ0n) is 16.2. The molecule has 1 aromatic carbocycles. The Balaban J connectivity index is 1.46. The van der Waals surface area contributed by atoms with E-state index in [0.29, 0.717) is 23.6 Å². The molecule has 0 aromatic heterocycles. The van der Waals surface area contributed by atoms with E-state index in [2.05, 4.69) is 27.5 Å². The van der Waals surface area contributed by atoms with Gasteiger partial charge in [-0.1, -0.05) is 0 Å². The molecule has 1 saturated heterocycles. The van der Waals surface area contributed by atoms with Crippen molar-refractivity contribution in [1.29, 1.82) is 0 Å². The number of hydrogen-bond acceptors (Lipinski definition) is 7. The number of fused-ring (bicyclic) bond motifs is 1. The average Bonchev–Trinajstić information content (AvgIpc) is 3.10. The SMILES string of the molecule is CC(NC(=O)CN1CCN(C)CC1)NC(C)C(=O)c1ccc2c(c1)OCO2. The minimum absolute atomic E-state index is 0.0396. The molecule has 3 rings (SSSR count). The van der Waals surface area contributed by atoms with E-state index in [1.807, 2.05) is 6.92 Å². The minimum atomic E-state index is -0.440. The van der Waals surface area contributed by atoms with Crippen molar-refractivity contribution in [2.75, 3.05) is 46.6 Å². The second-order valence-electron chi connectivity index (χ2n) is 7.19. The summed E-state index contributed by atoms with van der Waals surface area (Å²) in [5, 5.41) is 6.06. The molecule has 8 heteroatoms. The number of carbonyl (C=O) groups excluding carboxylic acids is 2. The van der Waals surface area contributed by atoms with Crippen molar-refractivity contribution >= 4 is 11.7 Å². The fourth-order valence-electron chi connectivity index (χ4n) is 3.29. The molecule has 2 aliphatic rings. The van der Waals surface area contributed by atoms with Crippen LogP contribution < -0.4 is 20.1 Å². The zero-order chi connectivity index (χ0) is 19.4. The lowest BCUT2D eigenvalue weighted by Crippen LogP contribution is -2.53. The van der Waals surface area contributed by atoms with Crippen LogP contribution in [0.3, 0.4) is 0 Å². The predicted octanol–water partition coefficient (Wildman–Crippen LogP) is 0.286. The van der Waals surface area contributed by atoms with E-state index < -0.39 is 6.04 Å². The molecule has 27 heavy (non-hydrogen) atoms. The fraction of sp³-hybridized carbons (Fsp3) is 0.579. The first-order chi connectivity index (χ1) is 12.9. The molecular formula is C19H28N4O4. The second kappa shape index (κ2) is 8.69. The van der Waals surface area contributed by atoms with Gasteiger partial charge in [0.15, 0.2) is 17.3 Å². The molecule has 0 spiro atoms. The summed E-state index contributed by atoms with van der Waals surface area (Å²) in [4.78, 5) is 29.3. The number of rotatable bonds is 7. The van der Waals surface area contributed by atoms with Crippen molar-refractivity contribution in [3.05, 3.63) is 23.8 Å². The van der Waals surface area contributed by atoms with Crippen molar-refractivity contribution in [2.24, 2.45) is 0 Å². The van der Waals surface area contributed by atoms with Crippen LogP contribution in [0.1, 0.15) is 24.2 Å². The Morgan fingerprint density at radius 2 is 1.81 bits per heavy atom. The number of Topliss-reactive ketones (excluding diaryl/α,β-unsaturated/α-hetero) is 1. The molecule has 1 aromatic rings. The molecule has 0 radical (unpaired) electrons. The van der Waals surface area contributed by atoms with Crippen molar-refractivity contribution < 1.29 is 19.1 Å². The van der Waals surface area contributed by atoms with Gasteiger partial charge in [0.1, 0.15) is 0 Å². The first kappa shape index (κ1) is 19.6. The van der Waals surface area contributed by atoms with Gasteiger partial charge in [-0.05, 0) is 39.1 Å². The molecule has 0 saturated carbocycles. The summed E-state index contributed by atoms with van der Waals surface area (Å²) in [5.74, 6) is 1.13. The van der Waals surface area contributed by atoms with Gasteiger partial charge >= 0.3 is 0 Å². The van der Waals surface area contributed by atoms with E-state index in [1.54, 1.807) is 25.1 Å². The van der Waals surface area contributed by atoms with Crippen molar-refractivity contribution in [3.63, 3.8) is 0 Å². The highest BCUT2D eigenvalue weighted by Gasteiger charge is 2.22. The Morgan fingerprint density at radius 1 is 1.11 bits per heavy atom. The maximum Gasteiger partial charge on any atom is 0.235 e. The zero-order valence-corrected chi connectivity index (χ0v) is 16.2. The lowest BCUT2D eigenvalue weighted by molar-refractivity contribution is -0.123. The van der Waals surface area contributed by atoms with Crippen LogP contribution in [-0.2, 0) is 4.79 Å². The number of nitrogens with zero attached hydrogens (tertiary/aromatic N) is 2. The molecular weight excluding hydrogens is 348 g/mol. The lowest BCUT2D eigenvalue weighted by atomic mass is 10.0. The Hall–Kier alpha value is -2.16. The second-order valence-corrected chi connectivity index (χ2v) is 7.19. The molecule has 2 aliphatic heterocycles. The van der Waals surface area contributed by atoms with Crippen molar-refractivity contribution in [3.8, 4) is 11.5 Å². The molecule has 148 valence electrons. The number of carbonyl (C=O) groups is 2. The van der Waals surface area contributed by atoms with Crippen molar-refractivity contribution in [1.82, 2.24) is 20.4 Å². The number of ketones is 1. The number of benzene rings is 1. The van der Waals surface area contributed by atoms with Crippen LogP contribution in [0.5, 0.6) is 11.5 Å². The molecule has 0 aliphatic carbocycles. The Bertz CT molecular complexity index is 688. The number of nitrogens with one attached hydrogen (secondary N) is 2. The Labute approximate surface area is 159 Å². The third-order valence-electron chi connectivity index (χ3n) is 4.89. The molecule has 0 bridgehead atoms. The van der Waals surface area contributed by atoms with Crippen LogP contribution in [0.25, 0.3) is 0 Å². The highest BCUT2D eigenvalue weighted by molar-refractivity contribution is 6.00. The standard InChI is InChI=1S/C19H28N4O4/c1-13(19(25)15-4-5-16-17(10-15)27-12-26-16)20-14(2)21-18(24)11-23-8-6-22(3)7-9-23/h4-5,10,13-14,20H,6-9,11-12H2,1-3H3,(H,21,24). The van der Waals surface area contributed by atoms with Gasteiger partial charge in [0.05, 0.1) is 18.8 Å². The van der Waals surface area contributed by atoms with Crippen LogP contribution >= 0.6 is 0 Å². The molecule has 2 heterocycles. The highest BCUT2D eigenvalue weighted by Crippen LogP contribution is 2.32. The average molecular weight is 376 g/mol. The van der Waals surface area contributed by atoms with Gasteiger partial charge < -0.3 is 19.7 Å². The molecule has 1 amide bonds. The summed E-state index contributed by atoms with van der Waals surface area (Å²) >= 11 is 0. The quantitative estimate of drug-likeness (QED) is 0.523. The van der Waals surface area contributed by atoms with E-state index in [0.717, 1.165) is 26.2 Å². The summed E-state index contributed by atoms with van der Waals surface area (Å²) in [5.41, 5.74) is 0.551.